The molecule has 197 valence electrons. The Bertz CT molecular complexity index is 1470. The van der Waals surface area contributed by atoms with Gasteiger partial charge in [-0.05, 0) is 40.2 Å². The van der Waals surface area contributed by atoms with Gasteiger partial charge in [-0.25, -0.2) is 0 Å². The summed E-state index contributed by atoms with van der Waals surface area (Å²) in [5, 5.41) is 0. The van der Waals surface area contributed by atoms with E-state index in [0.717, 1.165) is 18.3 Å². The Morgan fingerprint density at radius 3 is 1.93 bits per heavy atom. The molecule has 1 radical (unpaired) electrons. The lowest BCUT2D eigenvalue weighted by molar-refractivity contribution is 0.655. The zero-order valence-corrected chi connectivity index (χ0v) is 24.6. The topological polar surface area (TPSA) is 17.8 Å². The molecule has 1 atom stereocenters. The van der Waals surface area contributed by atoms with Gasteiger partial charge in [-0.1, -0.05) is 152 Å². The summed E-state index contributed by atoms with van der Waals surface area (Å²) in [7, 11) is 1.93. The van der Waals surface area contributed by atoms with Gasteiger partial charge >= 0.3 is 0 Å². The van der Waals surface area contributed by atoms with E-state index in [4.69, 9.17) is 4.98 Å². The normalized spacial score (nSPS) is 12.4. The van der Waals surface area contributed by atoms with Crippen LogP contribution in [0.2, 0.25) is 6.04 Å². The molecular formula is C36H36BN2Si. The molecule has 0 spiro atoms. The van der Waals surface area contributed by atoms with E-state index in [1.807, 2.05) is 6.20 Å². The number of benzene rings is 4. The predicted molar refractivity (Wildman–Crippen MR) is 175 cm³/mol. The second-order valence-electron chi connectivity index (χ2n) is 10.3. The van der Waals surface area contributed by atoms with Crippen LogP contribution in [0.15, 0.2) is 140 Å². The van der Waals surface area contributed by atoms with Crippen LogP contribution in [0.5, 0.6) is 0 Å². The summed E-state index contributed by atoms with van der Waals surface area (Å²) in [4.78, 5) is 4.73. The third-order valence-electron chi connectivity index (χ3n) is 7.25. The number of allylic oxidation sites excluding steroid dienone is 1. The van der Waals surface area contributed by atoms with Crippen LogP contribution < -0.4 is 5.72 Å². The van der Waals surface area contributed by atoms with E-state index in [1.165, 1.54) is 39.3 Å². The largest absolute Gasteiger partial charge is 0.347 e. The average Bonchev–Trinajstić information content (AvgIpc) is 3.45. The lowest BCUT2D eigenvalue weighted by Gasteiger charge is -2.14. The van der Waals surface area contributed by atoms with Gasteiger partial charge < -0.3 is 4.57 Å². The molecule has 1 unspecified atom stereocenters. The van der Waals surface area contributed by atoms with Crippen molar-refractivity contribution in [2.24, 2.45) is 5.92 Å². The molecule has 5 aromatic rings. The molecule has 40 heavy (non-hydrogen) atoms. The van der Waals surface area contributed by atoms with Gasteiger partial charge in [-0.2, -0.15) is 0 Å². The van der Waals surface area contributed by atoms with E-state index in [9.17, 15) is 0 Å². The molecule has 2 nitrogen and oxygen atoms in total. The van der Waals surface area contributed by atoms with Gasteiger partial charge in [0.1, 0.15) is 0 Å². The van der Waals surface area contributed by atoms with E-state index >= 15 is 0 Å². The molecule has 1 heterocycles. The van der Waals surface area contributed by atoms with Crippen LogP contribution in [0.25, 0.3) is 17.1 Å². The van der Waals surface area contributed by atoms with Crippen molar-refractivity contribution in [1.82, 2.24) is 9.55 Å². The molecule has 0 bridgehead atoms. The minimum atomic E-state index is -0.296. The number of imidazole rings is 1. The molecule has 0 aliphatic heterocycles. The summed E-state index contributed by atoms with van der Waals surface area (Å²) in [5.41, 5.74) is 8.50. The molecule has 4 aromatic carbocycles. The molecule has 5 rings (SSSR count). The van der Waals surface area contributed by atoms with Gasteiger partial charge in [-0.15, -0.1) is 0 Å². The number of hydrogen-bond acceptors (Lipinski definition) is 1. The molecule has 0 aliphatic carbocycles. The number of nitrogens with zero attached hydrogens (tertiary/aromatic N) is 2. The fourth-order valence-corrected chi connectivity index (χ4v) is 6.88. The van der Waals surface area contributed by atoms with Crippen LogP contribution in [0.1, 0.15) is 35.6 Å². The second-order valence-corrected chi connectivity index (χ2v) is 12.1. The Morgan fingerprint density at radius 2 is 1.32 bits per heavy atom. The predicted octanol–water partition coefficient (Wildman–Crippen LogP) is 7.11. The summed E-state index contributed by atoms with van der Waals surface area (Å²) >= 11 is 0. The van der Waals surface area contributed by atoms with Gasteiger partial charge in [0, 0.05) is 28.1 Å². The monoisotopic (exact) mass is 535 g/mol. The first-order valence-electron chi connectivity index (χ1n) is 14.3. The van der Waals surface area contributed by atoms with Gasteiger partial charge in [0.25, 0.3) is 0 Å². The van der Waals surface area contributed by atoms with Crippen LogP contribution in [0.4, 0.5) is 0 Å². The van der Waals surface area contributed by atoms with Crippen molar-refractivity contribution in [2.45, 2.75) is 25.6 Å². The Morgan fingerprint density at radius 1 is 0.775 bits per heavy atom. The minimum Gasteiger partial charge on any atom is -0.347 e. The first-order chi connectivity index (χ1) is 19.8. The maximum absolute atomic E-state index is 4.73. The summed E-state index contributed by atoms with van der Waals surface area (Å²) in [5.74, 6) is 0.655. The molecule has 0 N–H and O–H groups in total. The van der Waals surface area contributed by atoms with Gasteiger partial charge in [0.05, 0.1) is 5.72 Å². The smallest absolute Gasteiger partial charge is 0.241 e. The second kappa shape index (κ2) is 14.3. The van der Waals surface area contributed by atoms with Crippen LogP contribution in [-0.4, -0.2) is 26.4 Å². The molecule has 0 saturated carbocycles. The van der Waals surface area contributed by atoms with Crippen LogP contribution in [-0.2, 0) is 6.17 Å². The maximum Gasteiger partial charge on any atom is 0.241 e. The van der Waals surface area contributed by atoms with Gasteiger partial charge in [0.2, 0.25) is 7.28 Å². The third kappa shape index (κ3) is 7.71. The zero-order valence-electron chi connectivity index (χ0n) is 23.2. The Kier molecular flexibility index (Phi) is 9.80. The molecule has 0 aliphatic rings. The fraction of sp³-hybridized carbons (Fsp3) is 0.139. The van der Waals surface area contributed by atoms with Crippen molar-refractivity contribution < 1.29 is 0 Å². The number of hydrogen-bond donors (Lipinski definition) is 0. The number of rotatable bonds is 12. The average molecular weight is 536 g/mol. The molecule has 1 aromatic heterocycles. The molecule has 0 amide bonds. The fourth-order valence-electron chi connectivity index (χ4n) is 5.04. The summed E-state index contributed by atoms with van der Waals surface area (Å²) in [6.07, 6.45) is 10.9. The van der Waals surface area contributed by atoms with E-state index < -0.39 is 0 Å². The molecule has 0 saturated heterocycles. The van der Waals surface area contributed by atoms with Gasteiger partial charge in [-0.3, -0.25) is 4.98 Å². The van der Waals surface area contributed by atoms with Crippen molar-refractivity contribution in [2.75, 3.05) is 0 Å². The Labute approximate surface area is 242 Å². The highest BCUT2D eigenvalue weighted by atomic mass is 28.2. The van der Waals surface area contributed by atoms with Crippen molar-refractivity contribution >= 4 is 39.6 Å². The SMILES string of the molecule is CC(CC=C(c1ccccc1)c1ccccc1)C[SiH2]Cn1ccnc1[B]C(=Cc1ccccc1)c1ccccc1. The highest BCUT2D eigenvalue weighted by Gasteiger charge is 2.12. The first kappa shape index (κ1) is 27.4. The van der Waals surface area contributed by atoms with Gasteiger partial charge in [0.15, 0.2) is 0 Å². The van der Waals surface area contributed by atoms with E-state index in [0.29, 0.717) is 5.92 Å². The van der Waals surface area contributed by atoms with Crippen molar-refractivity contribution in [1.29, 1.82) is 0 Å². The summed E-state index contributed by atoms with van der Waals surface area (Å²) in [6.45, 7) is 2.40. The Hall–Kier alpha value is -4.15. The van der Waals surface area contributed by atoms with E-state index in [-0.39, 0.29) is 9.52 Å². The van der Waals surface area contributed by atoms with Crippen molar-refractivity contribution in [3.8, 4) is 0 Å². The quantitative estimate of drug-likeness (QED) is 0.123. The maximum atomic E-state index is 4.73. The number of aromatic nitrogens is 2. The lowest BCUT2D eigenvalue weighted by Crippen LogP contribution is -2.29. The summed E-state index contributed by atoms with van der Waals surface area (Å²) in [6, 6.07) is 43.9. The third-order valence-corrected chi connectivity index (χ3v) is 9.44. The summed E-state index contributed by atoms with van der Waals surface area (Å²) < 4.78 is 2.34. The molecular weight excluding hydrogens is 499 g/mol. The highest BCUT2D eigenvalue weighted by molar-refractivity contribution is 6.73. The van der Waals surface area contributed by atoms with Crippen LogP contribution in [0, 0.1) is 5.92 Å². The van der Waals surface area contributed by atoms with Crippen LogP contribution in [0.3, 0.4) is 0 Å². The lowest BCUT2D eigenvalue weighted by atomic mass is 9.65. The van der Waals surface area contributed by atoms with E-state index in [2.05, 4.69) is 158 Å². The first-order valence-corrected chi connectivity index (χ1v) is 16.3. The minimum absolute atomic E-state index is 0.296. The standard InChI is InChI=1S/C36H36BN2Si/c1-29(22-23-34(31-16-8-3-9-17-31)32-18-10-4-11-19-32)27-40-28-39-25-24-38-36(39)37-35(33-20-12-5-13-21-33)26-30-14-6-2-7-15-30/h2-21,23-26,29H,22,27-28,40H2,1H3. The van der Waals surface area contributed by atoms with E-state index in [1.54, 1.807) is 0 Å². The van der Waals surface area contributed by atoms with Crippen molar-refractivity contribution in [3.63, 3.8) is 0 Å². The zero-order chi connectivity index (χ0) is 27.4. The molecule has 4 heteroatoms. The van der Waals surface area contributed by atoms with Crippen LogP contribution >= 0.6 is 0 Å². The molecule has 0 fully saturated rings. The highest BCUT2D eigenvalue weighted by Crippen LogP contribution is 2.25. The van der Waals surface area contributed by atoms with Crippen molar-refractivity contribution in [3.05, 3.63) is 162 Å². The Balaban J connectivity index is 1.23.